The zero-order chi connectivity index (χ0) is 24.1. The highest BCUT2D eigenvalue weighted by Crippen LogP contribution is 2.31. The lowest BCUT2D eigenvalue weighted by Gasteiger charge is -2.06. The molecule has 0 saturated heterocycles. The maximum absolute atomic E-state index is 9.48. The molecule has 0 spiro atoms. The number of nitrogens with two attached hydrogens (primary N) is 2. The summed E-state index contributed by atoms with van der Waals surface area (Å²) in [5.74, 6) is 2.39. The molecular formula is C27H30N2O4. The number of benzene rings is 4. The van der Waals surface area contributed by atoms with Crippen LogP contribution in [-0.4, -0.2) is 10.2 Å². The summed E-state index contributed by atoms with van der Waals surface area (Å²) >= 11 is 0. The van der Waals surface area contributed by atoms with Crippen LogP contribution in [0.25, 0.3) is 0 Å². The van der Waals surface area contributed by atoms with E-state index in [1.54, 1.807) is 97.1 Å². The van der Waals surface area contributed by atoms with Crippen LogP contribution >= 0.6 is 0 Å². The molecule has 0 unspecified atom stereocenters. The van der Waals surface area contributed by atoms with E-state index in [1.807, 2.05) is 0 Å². The lowest BCUT2D eigenvalue weighted by molar-refractivity contribution is 0.411. The van der Waals surface area contributed by atoms with E-state index in [1.165, 1.54) is 6.42 Å². The number of nitrogen functional groups attached to an aromatic ring is 2. The van der Waals surface area contributed by atoms with Gasteiger partial charge in [-0.1, -0.05) is 44.5 Å². The van der Waals surface area contributed by atoms with Gasteiger partial charge in [-0.2, -0.15) is 0 Å². The summed E-state index contributed by atoms with van der Waals surface area (Å²) in [6.45, 7) is 4.25. The van der Waals surface area contributed by atoms with Gasteiger partial charge in [-0.15, -0.1) is 0 Å². The molecule has 6 nitrogen and oxygen atoms in total. The number of hydrogen-bond acceptors (Lipinski definition) is 6. The monoisotopic (exact) mass is 446 g/mol. The second-order valence-electron chi connectivity index (χ2n) is 6.98. The highest BCUT2D eigenvalue weighted by Gasteiger charge is 2.02. The molecule has 0 aliphatic carbocycles. The third-order valence-electron chi connectivity index (χ3n) is 3.95. The van der Waals surface area contributed by atoms with Crippen molar-refractivity contribution < 1.29 is 19.7 Å². The number of hydrogen-bond donors (Lipinski definition) is 4. The third kappa shape index (κ3) is 8.75. The van der Waals surface area contributed by atoms with Crippen molar-refractivity contribution in [1.29, 1.82) is 0 Å². The zero-order valence-corrected chi connectivity index (χ0v) is 18.8. The third-order valence-corrected chi connectivity index (χ3v) is 3.95. The minimum Gasteiger partial charge on any atom is -0.504 e. The van der Waals surface area contributed by atoms with Gasteiger partial charge in [-0.25, -0.2) is 0 Å². The van der Waals surface area contributed by atoms with Crippen molar-refractivity contribution in [3.63, 3.8) is 0 Å². The van der Waals surface area contributed by atoms with Crippen molar-refractivity contribution in [2.75, 3.05) is 11.5 Å². The van der Waals surface area contributed by atoms with Crippen molar-refractivity contribution in [3.05, 3.63) is 97.1 Å². The average Bonchev–Trinajstić information content (AvgIpc) is 2.81. The van der Waals surface area contributed by atoms with Crippen molar-refractivity contribution in [3.8, 4) is 34.5 Å². The minimum atomic E-state index is 0.120. The molecule has 6 heteroatoms. The normalized spacial score (nSPS) is 9.52. The molecule has 0 aromatic heterocycles. The van der Waals surface area contributed by atoms with E-state index in [2.05, 4.69) is 13.8 Å². The van der Waals surface area contributed by atoms with Crippen molar-refractivity contribution in [2.24, 2.45) is 0 Å². The van der Waals surface area contributed by atoms with Gasteiger partial charge in [0.05, 0.1) is 0 Å². The fourth-order valence-electron chi connectivity index (χ4n) is 2.41. The van der Waals surface area contributed by atoms with Crippen LogP contribution in [0.1, 0.15) is 20.3 Å². The number of rotatable bonds is 4. The van der Waals surface area contributed by atoms with Crippen LogP contribution in [0.15, 0.2) is 97.1 Å². The molecule has 172 valence electrons. The van der Waals surface area contributed by atoms with Crippen molar-refractivity contribution in [2.45, 2.75) is 20.3 Å². The molecule has 0 aliphatic heterocycles. The molecule has 4 aromatic rings. The largest absolute Gasteiger partial charge is 0.504 e. The summed E-state index contributed by atoms with van der Waals surface area (Å²) in [6, 6.07) is 27.6. The molecule has 4 aromatic carbocycles. The maximum Gasteiger partial charge on any atom is 0.169 e. The van der Waals surface area contributed by atoms with Crippen molar-refractivity contribution >= 4 is 11.4 Å². The summed E-state index contributed by atoms with van der Waals surface area (Å²) in [4.78, 5) is 0. The molecule has 6 N–H and O–H groups in total. The molecule has 4 rings (SSSR count). The van der Waals surface area contributed by atoms with Gasteiger partial charge in [-0.3, -0.25) is 0 Å². The first-order chi connectivity index (χ1) is 15.9. The van der Waals surface area contributed by atoms with E-state index in [4.69, 9.17) is 20.9 Å². The molecule has 0 radical (unpaired) electrons. The van der Waals surface area contributed by atoms with Gasteiger partial charge in [0.1, 0.15) is 11.5 Å². The van der Waals surface area contributed by atoms with E-state index in [-0.39, 0.29) is 11.5 Å². The number of ether oxygens (including phenoxy) is 2. The molecule has 0 aliphatic rings. The molecule has 0 bridgehead atoms. The number of phenolic OH excluding ortho intramolecular Hbond substituents is 2. The average molecular weight is 447 g/mol. The molecule has 0 amide bonds. The summed E-state index contributed by atoms with van der Waals surface area (Å²) in [6.07, 6.45) is 1.25. The number of anilines is 2. The Labute approximate surface area is 194 Å². The van der Waals surface area contributed by atoms with E-state index in [9.17, 15) is 10.2 Å². The Bertz CT molecular complexity index is 1010. The lowest BCUT2D eigenvalue weighted by Crippen LogP contribution is -1.86. The summed E-state index contributed by atoms with van der Waals surface area (Å²) in [5, 5.41) is 19.0. The van der Waals surface area contributed by atoms with E-state index < -0.39 is 0 Å². The van der Waals surface area contributed by atoms with Gasteiger partial charge in [-0.05, 0) is 72.8 Å². The molecule has 0 fully saturated rings. The predicted molar refractivity (Wildman–Crippen MR) is 134 cm³/mol. The summed E-state index contributed by atoms with van der Waals surface area (Å²) in [5.41, 5.74) is 12.5. The summed E-state index contributed by atoms with van der Waals surface area (Å²) < 4.78 is 10.9. The first kappa shape index (κ1) is 24.9. The zero-order valence-electron chi connectivity index (χ0n) is 18.8. The van der Waals surface area contributed by atoms with Gasteiger partial charge in [0.15, 0.2) is 23.0 Å². The fourth-order valence-corrected chi connectivity index (χ4v) is 2.41. The molecule has 33 heavy (non-hydrogen) atoms. The molecule has 0 atom stereocenters. The van der Waals surface area contributed by atoms with Crippen LogP contribution < -0.4 is 20.9 Å². The Morgan fingerprint density at radius 1 is 0.545 bits per heavy atom. The Balaban J connectivity index is 0.000000209. The molecule has 0 heterocycles. The van der Waals surface area contributed by atoms with Crippen LogP contribution in [0.3, 0.4) is 0 Å². The standard InChI is InChI=1S/2C12H11NO2.C3H8/c2*13-9-5-7-10(8-6-9)15-12-4-2-1-3-11(12)14;1-3-2/h2*1-8,14H,13H2;3H2,1-2H3. The Kier molecular flexibility index (Phi) is 9.95. The SMILES string of the molecule is CCC.Nc1ccc(Oc2ccccc2O)cc1.Nc1ccc(Oc2ccccc2O)cc1. The van der Waals surface area contributed by atoms with Crippen LogP contribution in [0.4, 0.5) is 11.4 Å². The van der Waals surface area contributed by atoms with E-state index >= 15 is 0 Å². The first-order valence-corrected chi connectivity index (χ1v) is 10.6. The Hall–Kier alpha value is -4.32. The number of aromatic hydroxyl groups is 2. The second-order valence-corrected chi connectivity index (χ2v) is 6.98. The second kappa shape index (κ2) is 13.2. The lowest BCUT2D eigenvalue weighted by atomic mass is 10.3. The molecular weight excluding hydrogens is 416 g/mol. The topological polar surface area (TPSA) is 111 Å². The summed E-state index contributed by atoms with van der Waals surface area (Å²) in [7, 11) is 0. The fraction of sp³-hybridized carbons (Fsp3) is 0.111. The smallest absolute Gasteiger partial charge is 0.169 e. The Morgan fingerprint density at radius 3 is 1.15 bits per heavy atom. The van der Waals surface area contributed by atoms with Gasteiger partial charge in [0, 0.05) is 11.4 Å². The van der Waals surface area contributed by atoms with Crippen LogP contribution in [0.5, 0.6) is 34.5 Å². The van der Waals surface area contributed by atoms with Crippen LogP contribution in [0, 0.1) is 0 Å². The molecule has 0 saturated carbocycles. The maximum atomic E-state index is 9.48. The highest BCUT2D eigenvalue weighted by atomic mass is 16.5. The van der Waals surface area contributed by atoms with Gasteiger partial charge in [0.2, 0.25) is 0 Å². The minimum absolute atomic E-state index is 0.120. The van der Waals surface area contributed by atoms with E-state index in [0.717, 1.165) is 0 Å². The van der Waals surface area contributed by atoms with Gasteiger partial charge < -0.3 is 31.2 Å². The van der Waals surface area contributed by atoms with Crippen LogP contribution in [-0.2, 0) is 0 Å². The quantitative estimate of drug-likeness (QED) is 0.252. The number of para-hydroxylation sites is 4. The van der Waals surface area contributed by atoms with Crippen LogP contribution in [0.2, 0.25) is 0 Å². The van der Waals surface area contributed by atoms with E-state index in [0.29, 0.717) is 34.4 Å². The highest BCUT2D eigenvalue weighted by molar-refractivity contribution is 5.46. The number of phenols is 2. The first-order valence-electron chi connectivity index (χ1n) is 10.6. The predicted octanol–water partition coefficient (Wildman–Crippen LogP) is 6.95. The van der Waals surface area contributed by atoms with Gasteiger partial charge >= 0.3 is 0 Å². The Morgan fingerprint density at radius 2 is 0.848 bits per heavy atom. The van der Waals surface area contributed by atoms with Crippen molar-refractivity contribution in [1.82, 2.24) is 0 Å². The van der Waals surface area contributed by atoms with Gasteiger partial charge in [0.25, 0.3) is 0 Å².